The van der Waals surface area contributed by atoms with Gasteiger partial charge in [0, 0.05) is 25.3 Å². The van der Waals surface area contributed by atoms with Gasteiger partial charge in [-0.25, -0.2) is 0 Å². The Morgan fingerprint density at radius 1 is 1.69 bits per heavy atom. The molecule has 1 fully saturated rings. The summed E-state index contributed by atoms with van der Waals surface area (Å²) in [6.07, 6.45) is 5.48. The maximum atomic E-state index is 11.9. The number of rotatable bonds is 2. The molecule has 5 heteroatoms. The van der Waals surface area contributed by atoms with Gasteiger partial charge < -0.3 is 10.6 Å². The Labute approximate surface area is 95.2 Å². The van der Waals surface area contributed by atoms with Crippen LogP contribution >= 0.6 is 0 Å². The minimum atomic E-state index is -0.0337. The standard InChI is InChI=1S/C11H18N4O/c1-8-10(4-3-5-12-8)14-11(16)9-6-13-15(2)7-9/h6-8,10,12H,3-5H2,1-2H3,(H,14,16)/t8-,10+/m1/s1. The lowest BCUT2D eigenvalue weighted by molar-refractivity contribution is 0.0920. The van der Waals surface area contributed by atoms with Gasteiger partial charge in [-0.05, 0) is 26.3 Å². The van der Waals surface area contributed by atoms with Gasteiger partial charge in [-0.3, -0.25) is 9.48 Å². The molecule has 0 spiro atoms. The largest absolute Gasteiger partial charge is 0.348 e. The molecular formula is C11H18N4O. The van der Waals surface area contributed by atoms with Gasteiger partial charge in [0.2, 0.25) is 0 Å². The van der Waals surface area contributed by atoms with Crippen molar-refractivity contribution < 1.29 is 4.79 Å². The smallest absolute Gasteiger partial charge is 0.254 e. The van der Waals surface area contributed by atoms with Crippen molar-refractivity contribution in [1.82, 2.24) is 20.4 Å². The summed E-state index contributed by atoms with van der Waals surface area (Å²) in [5.41, 5.74) is 0.625. The van der Waals surface area contributed by atoms with Crippen LogP contribution in [0.2, 0.25) is 0 Å². The number of hydrogen-bond donors (Lipinski definition) is 2. The average molecular weight is 222 g/mol. The van der Waals surface area contributed by atoms with E-state index in [0.717, 1.165) is 19.4 Å². The van der Waals surface area contributed by atoms with Gasteiger partial charge in [0.05, 0.1) is 11.8 Å². The van der Waals surface area contributed by atoms with E-state index < -0.39 is 0 Å². The second kappa shape index (κ2) is 4.65. The van der Waals surface area contributed by atoms with Crippen LogP contribution in [0.25, 0.3) is 0 Å². The summed E-state index contributed by atoms with van der Waals surface area (Å²) in [5, 5.41) is 10.4. The van der Waals surface area contributed by atoms with Gasteiger partial charge >= 0.3 is 0 Å². The molecule has 1 aromatic rings. The van der Waals surface area contributed by atoms with Crippen molar-refractivity contribution >= 4 is 5.91 Å². The van der Waals surface area contributed by atoms with Crippen LogP contribution in [0.15, 0.2) is 12.4 Å². The van der Waals surface area contributed by atoms with Crippen molar-refractivity contribution in [2.45, 2.75) is 31.8 Å². The van der Waals surface area contributed by atoms with Crippen LogP contribution in [0.4, 0.5) is 0 Å². The van der Waals surface area contributed by atoms with Crippen LogP contribution in [-0.2, 0) is 7.05 Å². The zero-order valence-electron chi connectivity index (χ0n) is 9.73. The van der Waals surface area contributed by atoms with Crippen molar-refractivity contribution in [2.24, 2.45) is 7.05 Å². The lowest BCUT2D eigenvalue weighted by Crippen LogP contribution is -2.51. The van der Waals surface area contributed by atoms with Gasteiger partial charge in [0.25, 0.3) is 5.91 Å². The molecule has 16 heavy (non-hydrogen) atoms. The van der Waals surface area contributed by atoms with E-state index in [4.69, 9.17) is 0 Å². The lowest BCUT2D eigenvalue weighted by Gasteiger charge is -2.30. The zero-order valence-corrected chi connectivity index (χ0v) is 9.73. The minimum Gasteiger partial charge on any atom is -0.348 e. The second-order valence-corrected chi connectivity index (χ2v) is 4.37. The summed E-state index contributed by atoms with van der Waals surface area (Å²) in [4.78, 5) is 11.9. The fourth-order valence-electron chi connectivity index (χ4n) is 2.03. The van der Waals surface area contributed by atoms with Crippen LogP contribution in [-0.4, -0.2) is 34.3 Å². The van der Waals surface area contributed by atoms with Crippen LogP contribution in [0.5, 0.6) is 0 Å². The van der Waals surface area contributed by atoms with Crippen molar-refractivity contribution in [3.05, 3.63) is 18.0 Å². The topological polar surface area (TPSA) is 58.9 Å². The number of carbonyl (C=O) groups excluding carboxylic acids is 1. The number of nitrogens with one attached hydrogen (secondary N) is 2. The van der Waals surface area contributed by atoms with E-state index in [1.54, 1.807) is 17.1 Å². The first-order chi connectivity index (χ1) is 7.66. The third-order valence-electron chi connectivity index (χ3n) is 3.05. The Balaban J connectivity index is 1.96. The number of amides is 1. The minimum absolute atomic E-state index is 0.0337. The number of aromatic nitrogens is 2. The van der Waals surface area contributed by atoms with Crippen molar-refractivity contribution in [3.8, 4) is 0 Å². The maximum Gasteiger partial charge on any atom is 0.254 e. The Hall–Kier alpha value is -1.36. The SMILES string of the molecule is C[C@H]1NCCC[C@@H]1NC(=O)c1cnn(C)c1. The van der Waals surface area contributed by atoms with E-state index in [2.05, 4.69) is 22.7 Å². The summed E-state index contributed by atoms with van der Waals surface area (Å²) in [6, 6.07) is 0.566. The molecule has 1 amide bonds. The van der Waals surface area contributed by atoms with Gasteiger partial charge in [0.1, 0.15) is 0 Å². The van der Waals surface area contributed by atoms with E-state index in [9.17, 15) is 4.79 Å². The summed E-state index contributed by atoms with van der Waals surface area (Å²) in [5.74, 6) is -0.0337. The predicted octanol–water partition coefficient (Wildman–Crippen LogP) is 0.290. The molecule has 0 aromatic carbocycles. The quantitative estimate of drug-likeness (QED) is 0.756. The number of aryl methyl sites for hydroxylation is 1. The third kappa shape index (κ3) is 2.41. The molecule has 1 aliphatic rings. The summed E-state index contributed by atoms with van der Waals surface area (Å²) >= 11 is 0. The van der Waals surface area contributed by atoms with Crippen molar-refractivity contribution in [2.75, 3.05) is 6.54 Å². The number of piperidine rings is 1. The van der Waals surface area contributed by atoms with Crippen molar-refractivity contribution in [1.29, 1.82) is 0 Å². The second-order valence-electron chi connectivity index (χ2n) is 4.37. The maximum absolute atomic E-state index is 11.9. The molecule has 88 valence electrons. The number of nitrogens with zero attached hydrogens (tertiary/aromatic N) is 2. The van der Waals surface area contributed by atoms with Crippen LogP contribution in [0.1, 0.15) is 30.1 Å². The first kappa shape index (κ1) is 11.1. The first-order valence-electron chi connectivity index (χ1n) is 5.69. The first-order valence-corrected chi connectivity index (χ1v) is 5.69. The highest BCUT2D eigenvalue weighted by Gasteiger charge is 2.23. The highest BCUT2D eigenvalue weighted by Crippen LogP contribution is 2.09. The Morgan fingerprint density at radius 2 is 2.50 bits per heavy atom. The summed E-state index contributed by atoms with van der Waals surface area (Å²) in [7, 11) is 1.81. The highest BCUT2D eigenvalue weighted by molar-refractivity contribution is 5.93. The molecule has 0 unspecified atom stereocenters. The molecule has 0 radical (unpaired) electrons. The Kier molecular flexibility index (Phi) is 3.24. The Morgan fingerprint density at radius 3 is 3.12 bits per heavy atom. The fourth-order valence-corrected chi connectivity index (χ4v) is 2.03. The molecule has 1 saturated heterocycles. The summed E-state index contributed by atoms with van der Waals surface area (Å²) < 4.78 is 1.64. The zero-order chi connectivity index (χ0) is 11.5. The number of carbonyl (C=O) groups is 1. The van der Waals surface area contributed by atoms with Gasteiger partial charge in [-0.2, -0.15) is 5.10 Å². The van der Waals surface area contributed by atoms with Crippen molar-refractivity contribution in [3.63, 3.8) is 0 Å². The fraction of sp³-hybridized carbons (Fsp3) is 0.636. The molecule has 1 aromatic heterocycles. The number of hydrogen-bond acceptors (Lipinski definition) is 3. The Bertz CT molecular complexity index is 374. The third-order valence-corrected chi connectivity index (χ3v) is 3.05. The molecule has 0 saturated carbocycles. The molecule has 5 nitrogen and oxygen atoms in total. The predicted molar refractivity (Wildman–Crippen MR) is 61.2 cm³/mol. The molecule has 0 bridgehead atoms. The van der Waals surface area contributed by atoms with E-state index >= 15 is 0 Å². The van der Waals surface area contributed by atoms with E-state index in [-0.39, 0.29) is 11.9 Å². The van der Waals surface area contributed by atoms with Gasteiger partial charge in [-0.1, -0.05) is 0 Å². The van der Waals surface area contributed by atoms with Gasteiger partial charge in [-0.15, -0.1) is 0 Å². The van der Waals surface area contributed by atoms with E-state index in [1.807, 2.05) is 7.05 Å². The molecule has 2 atom stereocenters. The van der Waals surface area contributed by atoms with Crippen LogP contribution in [0.3, 0.4) is 0 Å². The highest BCUT2D eigenvalue weighted by atomic mass is 16.1. The summed E-state index contributed by atoms with van der Waals surface area (Å²) in [6.45, 7) is 3.15. The van der Waals surface area contributed by atoms with E-state index in [0.29, 0.717) is 11.6 Å². The molecule has 2 heterocycles. The van der Waals surface area contributed by atoms with E-state index in [1.165, 1.54) is 0 Å². The van der Waals surface area contributed by atoms with Crippen LogP contribution in [0, 0.1) is 0 Å². The monoisotopic (exact) mass is 222 g/mol. The normalized spacial score (nSPS) is 25.4. The lowest BCUT2D eigenvalue weighted by atomic mass is 10.00. The van der Waals surface area contributed by atoms with Crippen LogP contribution < -0.4 is 10.6 Å². The molecular weight excluding hydrogens is 204 g/mol. The molecule has 1 aliphatic heterocycles. The molecule has 2 rings (SSSR count). The van der Waals surface area contributed by atoms with Gasteiger partial charge in [0.15, 0.2) is 0 Å². The molecule has 2 N–H and O–H groups in total. The average Bonchev–Trinajstić information content (AvgIpc) is 2.68. The molecule has 0 aliphatic carbocycles.